The van der Waals surface area contributed by atoms with Crippen LogP contribution in [0.3, 0.4) is 0 Å². The first kappa shape index (κ1) is 18.6. The lowest BCUT2D eigenvalue weighted by atomic mass is 10.2. The normalized spacial score (nSPS) is 12.7. The fourth-order valence-electron chi connectivity index (χ4n) is 3.83. The van der Waals surface area contributed by atoms with Crippen molar-refractivity contribution in [3.63, 3.8) is 0 Å². The molecule has 1 aliphatic rings. The van der Waals surface area contributed by atoms with Gasteiger partial charge >= 0.3 is 0 Å². The monoisotopic (exact) mass is 421 g/mol. The van der Waals surface area contributed by atoms with Crippen LogP contribution in [-0.2, 0) is 12.8 Å². The number of benzene rings is 2. The standard InChI is InChI=1S/C22H17ClFN5O/c23-16-12-14(8-9-19(16)28-11-10-25-13-28)26-22(30)21-15-4-3-7-18(15)29(27-21)20-6-2-1-5-17(20)24/h1-2,5-6,8-13H,3-4,7H2,(H,26,30). The summed E-state index contributed by atoms with van der Waals surface area (Å²) in [6.45, 7) is 0. The number of carbonyl (C=O) groups excluding carboxylic acids is 1. The van der Waals surface area contributed by atoms with Gasteiger partial charge in [-0.05, 0) is 49.6 Å². The van der Waals surface area contributed by atoms with Gasteiger partial charge in [-0.2, -0.15) is 5.10 Å². The van der Waals surface area contributed by atoms with E-state index in [-0.39, 0.29) is 11.7 Å². The van der Waals surface area contributed by atoms with E-state index in [2.05, 4.69) is 15.4 Å². The van der Waals surface area contributed by atoms with Gasteiger partial charge in [0.25, 0.3) is 5.91 Å². The molecular weight excluding hydrogens is 405 g/mol. The van der Waals surface area contributed by atoms with Gasteiger partial charge in [-0.1, -0.05) is 23.7 Å². The van der Waals surface area contributed by atoms with Crippen molar-refractivity contribution in [3.05, 3.63) is 89.0 Å². The number of nitrogens with one attached hydrogen (secondary N) is 1. The molecule has 1 amide bonds. The Kier molecular flexibility index (Phi) is 4.59. The van der Waals surface area contributed by atoms with Crippen molar-refractivity contribution < 1.29 is 9.18 Å². The molecule has 0 atom stereocenters. The van der Waals surface area contributed by atoms with Crippen LogP contribution in [0.1, 0.15) is 28.2 Å². The van der Waals surface area contributed by atoms with E-state index in [0.29, 0.717) is 22.1 Å². The highest BCUT2D eigenvalue weighted by molar-refractivity contribution is 6.32. The van der Waals surface area contributed by atoms with Crippen molar-refractivity contribution in [3.8, 4) is 11.4 Å². The molecule has 0 unspecified atom stereocenters. The predicted octanol–water partition coefficient (Wildman–Crippen LogP) is 4.59. The van der Waals surface area contributed by atoms with Crippen molar-refractivity contribution in [1.29, 1.82) is 0 Å². The topological polar surface area (TPSA) is 64.7 Å². The molecule has 0 bridgehead atoms. The number of rotatable bonds is 4. The number of amides is 1. The zero-order valence-electron chi connectivity index (χ0n) is 15.8. The molecule has 4 aromatic rings. The van der Waals surface area contributed by atoms with Crippen LogP contribution in [0.15, 0.2) is 61.2 Å². The summed E-state index contributed by atoms with van der Waals surface area (Å²) in [4.78, 5) is 17.0. The minimum atomic E-state index is -0.372. The Bertz CT molecular complexity index is 1250. The summed E-state index contributed by atoms with van der Waals surface area (Å²) in [5.41, 5.74) is 3.75. The largest absolute Gasteiger partial charge is 0.321 e. The minimum absolute atomic E-state index is 0.320. The molecule has 2 aromatic carbocycles. The Morgan fingerprint density at radius 1 is 1.13 bits per heavy atom. The molecule has 0 saturated carbocycles. The zero-order valence-corrected chi connectivity index (χ0v) is 16.6. The summed E-state index contributed by atoms with van der Waals surface area (Å²) in [5, 5.41) is 7.80. The molecule has 2 heterocycles. The van der Waals surface area contributed by atoms with Gasteiger partial charge in [-0.25, -0.2) is 14.1 Å². The third-order valence-electron chi connectivity index (χ3n) is 5.21. The molecule has 0 aliphatic heterocycles. The van der Waals surface area contributed by atoms with Crippen molar-refractivity contribution >= 4 is 23.2 Å². The van der Waals surface area contributed by atoms with Gasteiger partial charge in [0, 0.05) is 29.3 Å². The number of para-hydroxylation sites is 1. The van der Waals surface area contributed by atoms with Crippen LogP contribution in [0.2, 0.25) is 5.02 Å². The van der Waals surface area contributed by atoms with Gasteiger partial charge in [0.1, 0.15) is 11.5 Å². The van der Waals surface area contributed by atoms with Gasteiger partial charge in [0.2, 0.25) is 0 Å². The van der Waals surface area contributed by atoms with Crippen LogP contribution >= 0.6 is 11.6 Å². The SMILES string of the molecule is O=C(Nc1ccc(-n2ccnc2)c(Cl)c1)c1nn(-c2ccccc2F)c2c1CCC2. The molecule has 30 heavy (non-hydrogen) atoms. The molecule has 2 aromatic heterocycles. The molecule has 8 heteroatoms. The Morgan fingerprint density at radius 3 is 2.77 bits per heavy atom. The van der Waals surface area contributed by atoms with E-state index in [1.165, 1.54) is 6.07 Å². The number of aromatic nitrogens is 4. The number of fused-ring (bicyclic) bond motifs is 1. The van der Waals surface area contributed by atoms with Crippen molar-refractivity contribution in [1.82, 2.24) is 19.3 Å². The maximum absolute atomic E-state index is 14.3. The summed E-state index contributed by atoms with van der Waals surface area (Å²) >= 11 is 6.38. The number of carbonyl (C=O) groups is 1. The Labute approximate surface area is 176 Å². The quantitative estimate of drug-likeness (QED) is 0.524. The molecule has 1 N–H and O–H groups in total. The minimum Gasteiger partial charge on any atom is -0.321 e. The Balaban J connectivity index is 1.46. The second-order valence-electron chi connectivity index (χ2n) is 7.08. The number of anilines is 1. The third kappa shape index (κ3) is 3.17. The predicted molar refractivity (Wildman–Crippen MR) is 112 cm³/mol. The summed E-state index contributed by atoms with van der Waals surface area (Å²) in [6.07, 6.45) is 7.52. The number of hydrogen-bond acceptors (Lipinski definition) is 3. The van der Waals surface area contributed by atoms with E-state index in [1.54, 1.807) is 58.3 Å². The summed E-state index contributed by atoms with van der Waals surface area (Å²) in [7, 11) is 0. The first-order valence-corrected chi connectivity index (χ1v) is 9.94. The summed E-state index contributed by atoms with van der Waals surface area (Å²) < 4.78 is 17.7. The van der Waals surface area contributed by atoms with E-state index >= 15 is 0 Å². The molecule has 0 spiro atoms. The van der Waals surface area contributed by atoms with E-state index < -0.39 is 0 Å². The molecule has 0 fully saturated rings. The van der Waals surface area contributed by atoms with Crippen molar-refractivity contribution in [2.24, 2.45) is 0 Å². The van der Waals surface area contributed by atoms with Crippen LogP contribution in [0.4, 0.5) is 10.1 Å². The fraction of sp³-hybridized carbons (Fsp3) is 0.136. The molecular formula is C22H17ClFN5O. The van der Waals surface area contributed by atoms with Crippen LogP contribution in [0, 0.1) is 5.82 Å². The molecule has 150 valence electrons. The number of imidazole rings is 1. The first-order chi connectivity index (χ1) is 14.6. The zero-order chi connectivity index (χ0) is 20.7. The number of halogens is 2. The van der Waals surface area contributed by atoms with Crippen molar-refractivity contribution in [2.75, 3.05) is 5.32 Å². The van der Waals surface area contributed by atoms with Crippen LogP contribution in [-0.4, -0.2) is 25.2 Å². The Hall–Kier alpha value is -3.45. The second kappa shape index (κ2) is 7.42. The Morgan fingerprint density at radius 2 is 2.00 bits per heavy atom. The van der Waals surface area contributed by atoms with Crippen LogP contribution in [0.5, 0.6) is 0 Å². The highest BCUT2D eigenvalue weighted by Crippen LogP contribution is 2.30. The van der Waals surface area contributed by atoms with Crippen molar-refractivity contribution in [2.45, 2.75) is 19.3 Å². The average Bonchev–Trinajstić information content (AvgIpc) is 3.47. The highest BCUT2D eigenvalue weighted by Gasteiger charge is 2.27. The van der Waals surface area contributed by atoms with Gasteiger partial charge in [-0.15, -0.1) is 0 Å². The lowest BCUT2D eigenvalue weighted by Gasteiger charge is -2.09. The smallest absolute Gasteiger partial charge is 0.276 e. The van der Waals surface area contributed by atoms with E-state index in [4.69, 9.17) is 11.6 Å². The summed E-state index contributed by atoms with van der Waals surface area (Å²) in [5.74, 6) is -0.710. The van der Waals surface area contributed by atoms with Gasteiger partial charge in [0.05, 0.1) is 17.0 Å². The van der Waals surface area contributed by atoms with E-state index in [0.717, 1.165) is 36.2 Å². The molecule has 0 saturated heterocycles. The summed E-state index contributed by atoms with van der Waals surface area (Å²) in [6, 6.07) is 11.7. The molecule has 1 aliphatic carbocycles. The van der Waals surface area contributed by atoms with Gasteiger partial charge in [0.15, 0.2) is 5.69 Å². The maximum Gasteiger partial charge on any atom is 0.276 e. The number of nitrogens with zero attached hydrogens (tertiary/aromatic N) is 4. The number of hydrogen-bond donors (Lipinski definition) is 1. The van der Waals surface area contributed by atoms with Gasteiger partial charge in [-0.3, -0.25) is 4.79 Å². The van der Waals surface area contributed by atoms with Gasteiger partial charge < -0.3 is 9.88 Å². The molecule has 0 radical (unpaired) electrons. The molecule has 6 nitrogen and oxygen atoms in total. The van der Waals surface area contributed by atoms with E-state index in [1.807, 2.05) is 6.07 Å². The molecule has 5 rings (SSSR count). The second-order valence-corrected chi connectivity index (χ2v) is 7.49. The third-order valence-corrected chi connectivity index (χ3v) is 5.52. The highest BCUT2D eigenvalue weighted by atomic mass is 35.5. The average molecular weight is 422 g/mol. The van der Waals surface area contributed by atoms with Crippen LogP contribution in [0.25, 0.3) is 11.4 Å². The first-order valence-electron chi connectivity index (χ1n) is 9.57. The fourth-order valence-corrected chi connectivity index (χ4v) is 4.11. The van der Waals surface area contributed by atoms with Crippen LogP contribution < -0.4 is 5.32 Å². The lowest BCUT2D eigenvalue weighted by Crippen LogP contribution is -2.15. The lowest BCUT2D eigenvalue weighted by molar-refractivity contribution is 0.102. The maximum atomic E-state index is 14.3. The van der Waals surface area contributed by atoms with E-state index in [9.17, 15) is 9.18 Å².